The first-order chi connectivity index (χ1) is 12.1. The zero-order valence-corrected chi connectivity index (χ0v) is 14.2. The van der Waals surface area contributed by atoms with Crippen LogP contribution < -0.4 is 15.2 Å². The van der Waals surface area contributed by atoms with Crippen molar-refractivity contribution in [1.29, 1.82) is 0 Å². The molecule has 0 spiro atoms. The van der Waals surface area contributed by atoms with Crippen LogP contribution in [0.4, 0.5) is 0 Å². The molecule has 0 unspecified atom stereocenters. The minimum Gasteiger partial charge on any atom is -0.493 e. The van der Waals surface area contributed by atoms with Crippen LogP contribution in [0.25, 0.3) is 0 Å². The predicted octanol–water partition coefficient (Wildman–Crippen LogP) is 2.39. The molecule has 0 fully saturated rings. The number of methoxy groups -OCH3 is 1. The van der Waals surface area contributed by atoms with Gasteiger partial charge in [0.1, 0.15) is 0 Å². The minimum atomic E-state index is -0.572. The highest BCUT2D eigenvalue weighted by molar-refractivity contribution is 6.21. The van der Waals surface area contributed by atoms with Gasteiger partial charge in [-0.1, -0.05) is 18.2 Å². The Bertz CT molecular complexity index is 784. The van der Waals surface area contributed by atoms with Crippen LogP contribution in [0.2, 0.25) is 0 Å². The molecule has 6 nitrogen and oxygen atoms in total. The molecule has 130 valence electrons. The highest BCUT2D eigenvalue weighted by Gasteiger charge is 2.40. The van der Waals surface area contributed by atoms with E-state index in [1.807, 2.05) is 6.92 Å². The molecule has 25 heavy (non-hydrogen) atoms. The lowest BCUT2D eigenvalue weighted by Crippen LogP contribution is -2.38. The summed E-state index contributed by atoms with van der Waals surface area (Å²) in [5.74, 6) is 0.482. The Kier molecular flexibility index (Phi) is 4.72. The van der Waals surface area contributed by atoms with Crippen molar-refractivity contribution < 1.29 is 19.1 Å². The van der Waals surface area contributed by atoms with Crippen LogP contribution in [0.15, 0.2) is 42.5 Å². The lowest BCUT2D eigenvalue weighted by Gasteiger charge is -2.26. The molecule has 0 bridgehead atoms. The molecule has 2 aromatic carbocycles. The average Bonchev–Trinajstić information content (AvgIpc) is 2.89. The molecule has 0 saturated carbocycles. The molecule has 1 atom stereocenters. The fraction of sp³-hybridized carbons (Fsp3) is 0.263. The van der Waals surface area contributed by atoms with Crippen LogP contribution in [0.3, 0.4) is 0 Å². The number of imide groups is 1. The average molecular weight is 340 g/mol. The van der Waals surface area contributed by atoms with E-state index in [-0.39, 0.29) is 18.4 Å². The third kappa shape index (κ3) is 2.85. The largest absolute Gasteiger partial charge is 0.493 e. The van der Waals surface area contributed by atoms with E-state index >= 15 is 0 Å². The molecule has 0 aliphatic carbocycles. The molecule has 1 aliphatic rings. The van der Waals surface area contributed by atoms with Crippen molar-refractivity contribution in [3.63, 3.8) is 0 Å². The predicted molar refractivity (Wildman–Crippen MR) is 92.9 cm³/mol. The van der Waals surface area contributed by atoms with Gasteiger partial charge in [0.25, 0.3) is 11.8 Å². The van der Waals surface area contributed by atoms with E-state index in [2.05, 4.69) is 0 Å². The van der Waals surface area contributed by atoms with Crippen molar-refractivity contribution in [2.24, 2.45) is 5.73 Å². The lowest BCUT2D eigenvalue weighted by atomic mass is 10.0. The van der Waals surface area contributed by atoms with Crippen LogP contribution in [0.5, 0.6) is 11.5 Å². The Hall–Kier alpha value is -2.86. The third-order valence-corrected chi connectivity index (χ3v) is 4.23. The number of fused-ring (bicyclic) bond motifs is 1. The number of carbonyl (C=O) groups is 2. The first-order valence-corrected chi connectivity index (χ1v) is 8.10. The monoisotopic (exact) mass is 340 g/mol. The van der Waals surface area contributed by atoms with Gasteiger partial charge in [0.2, 0.25) is 0 Å². The summed E-state index contributed by atoms with van der Waals surface area (Å²) >= 11 is 0. The second-order valence-electron chi connectivity index (χ2n) is 5.62. The van der Waals surface area contributed by atoms with Crippen molar-refractivity contribution in [2.75, 3.05) is 20.3 Å². The fourth-order valence-corrected chi connectivity index (χ4v) is 3.05. The van der Waals surface area contributed by atoms with E-state index in [1.54, 1.807) is 49.6 Å². The maximum absolute atomic E-state index is 12.7. The fourth-order valence-electron chi connectivity index (χ4n) is 3.05. The normalized spacial score (nSPS) is 14.4. The Morgan fingerprint density at radius 3 is 2.20 bits per heavy atom. The van der Waals surface area contributed by atoms with Crippen molar-refractivity contribution in [2.45, 2.75) is 13.0 Å². The Morgan fingerprint density at radius 2 is 1.68 bits per heavy atom. The van der Waals surface area contributed by atoms with E-state index in [9.17, 15) is 9.59 Å². The molecule has 2 amide bonds. The van der Waals surface area contributed by atoms with Gasteiger partial charge in [-0.3, -0.25) is 14.5 Å². The van der Waals surface area contributed by atoms with Gasteiger partial charge in [0.15, 0.2) is 11.5 Å². The molecule has 0 saturated heterocycles. The standard InChI is InChI=1S/C19H20N2O4/c1-3-25-17-10-12(8-9-16(17)24-2)15(11-20)21-18(22)13-6-4-5-7-14(13)19(21)23/h4-10,15H,3,11,20H2,1-2H3/t15-/m1/s1. The number of carbonyl (C=O) groups excluding carboxylic acids is 2. The zero-order chi connectivity index (χ0) is 18.0. The van der Waals surface area contributed by atoms with Crippen LogP contribution in [-0.4, -0.2) is 37.0 Å². The quantitative estimate of drug-likeness (QED) is 0.817. The van der Waals surface area contributed by atoms with Gasteiger partial charge in [-0.15, -0.1) is 0 Å². The topological polar surface area (TPSA) is 81.9 Å². The number of ether oxygens (including phenoxy) is 2. The lowest BCUT2D eigenvalue weighted by molar-refractivity contribution is 0.0587. The van der Waals surface area contributed by atoms with Gasteiger partial charge in [0, 0.05) is 6.54 Å². The van der Waals surface area contributed by atoms with Gasteiger partial charge < -0.3 is 15.2 Å². The zero-order valence-electron chi connectivity index (χ0n) is 14.2. The summed E-state index contributed by atoms with van der Waals surface area (Å²) in [6.45, 7) is 2.46. The number of hydrogen-bond acceptors (Lipinski definition) is 5. The summed E-state index contributed by atoms with van der Waals surface area (Å²) in [7, 11) is 1.56. The maximum Gasteiger partial charge on any atom is 0.262 e. The molecule has 0 aromatic heterocycles. The molecule has 6 heteroatoms. The molecule has 0 radical (unpaired) electrons. The molecule has 2 aromatic rings. The molecule has 1 aliphatic heterocycles. The summed E-state index contributed by atoms with van der Waals surface area (Å²) in [5.41, 5.74) is 7.46. The Balaban J connectivity index is 2.00. The van der Waals surface area contributed by atoms with E-state index < -0.39 is 6.04 Å². The number of hydrogen-bond donors (Lipinski definition) is 1. The number of amides is 2. The summed E-state index contributed by atoms with van der Waals surface area (Å²) in [4.78, 5) is 26.6. The van der Waals surface area contributed by atoms with Crippen LogP contribution >= 0.6 is 0 Å². The first kappa shape index (κ1) is 17.0. The van der Waals surface area contributed by atoms with Crippen LogP contribution in [0, 0.1) is 0 Å². The second-order valence-corrected chi connectivity index (χ2v) is 5.62. The third-order valence-electron chi connectivity index (χ3n) is 4.23. The summed E-state index contributed by atoms with van der Waals surface area (Å²) in [5, 5.41) is 0. The molecule has 1 heterocycles. The van der Waals surface area contributed by atoms with Gasteiger partial charge in [0.05, 0.1) is 30.9 Å². The summed E-state index contributed by atoms with van der Waals surface area (Å²) < 4.78 is 10.9. The van der Waals surface area contributed by atoms with E-state index in [1.165, 1.54) is 4.90 Å². The number of nitrogens with two attached hydrogens (primary N) is 1. The SMILES string of the molecule is CCOc1cc([C@@H](CN)N2C(=O)c3ccccc3C2=O)ccc1OC. The number of nitrogens with zero attached hydrogens (tertiary/aromatic N) is 1. The highest BCUT2D eigenvalue weighted by atomic mass is 16.5. The summed E-state index contributed by atoms with van der Waals surface area (Å²) in [6, 6.07) is 11.5. The van der Waals surface area contributed by atoms with Crippen molar-refractivity contribution in [1.82, 2.24) is 4.90 Å². The smallest absolute Gasteiger partial charge is 0.262 e. The van der Waals surface area contributed by atoms with E-state index in [0.717, 1.165) is 5.56 Å². The second kappa shape index (κ2) is 6.94. The van der Waals surface area contributed by atoms with Crippen molar-refractivity contribution >= 4 is 11.8 Å². The first-order valence-electron chi connectivity index (χ1n) is 8.10. The molecular formula is C19H20N2O4. The Labute approximate surface area is 146 Å². The molecule has 2 N–H and O–H groups in total. The van der Waals surface area contributed by atoms with E-state index in [4.69, 9.17) is 15.2 Å². The number of benzene rings is 2. The minimum absolute atomic E-state index is 0.114. The number of rotatable bonds is 6. The van der Waals surface area contributed by atoms with Gasteiger partial charge in [-0.2, -0.15) is 0 Å². The van der Waals surface area contributed by atoms with Crippen molar-refractivity contribution in [3.05, 3.63) is 59.2 Å². The Morgan fingerprint density at radius 1 is 1.04 bits per heavy atom. The van der Waals surface area contributed by atoms with Gasteiger partial charge in [-0.25, -0.2) is 0 Å². The van der Waals surface area contributed by atoms with Crippen LogP contribution in [-0.2, 0) is 0 Å². The van der Waals surface area contributed by atoms with Crippen LogP contribution in [0.1, 0.15) is 39.2 Å². The summed E-state index contributed by atoms with van der Waals surface area (Å²) in [6.07, 6.45) is 0. The maximum atomic E-state index is 12.7. The van der Waals surface area contributed by atoms with Crippen molar-refractivity contribution in [3.8, 4) is 11.5 Å². The van der Waals surface area contributed by atoms with Gasteiger partial charge >= 0.3 is 0 Å². The molecular weight excluding hydrogens is 320 g/mol. The van der Waals surface area contributed by atoms with Gasteiger partial charge in [-0.05, 0) is 36.8 Å². The highest BCUT2D eigenvalue weighted by Crippen LogP contribution is 2.35. The van der Waals surface area contributed by atoms with E-state index in [0.29, 0.717) is 29.2 Å². The molecule has 3 rings (SSSR count).